The van der Waals surface area contributed by atoms with Crippen LogP contribution in [0, 0.1) is 0 Å². The van der Waals surface area contributed by atoms with Crippen LogP contribution in [-0.2, 0) is 4.79 Å². The number of rotatable bonds is 7. The first-order valence-electron chi connectivity index (χ1n) is 5.55. The highest BCUT2D eigenvalue weighted by Gasteiger charge is 2.06. The Hall–Kier alpha value is -0.570. The molecule has 84 valence electrons. The summed E-state index contributed by atoms with van der Waals surface area (Å²) in [5.41, 5.74) is 0. The third kappa shape index (κ3) is 5.97. The molecule has 0 saturated heterocycles. The van der Waals surface area contributed by atoms with E-state index in [1.165, 1.54) is 12.8 Å². The lowest BCUT2D eigenvalue weighted by Gasteiger charge is -2.24. The van der Waals surface area contributed by atoms with Gasteiger partial charge in [0.25, 0.3) is 0 Å². The van der Waals surface area contributed by atoms with Crippen molar-refractivity contribution in [3.05, 3.63) is 0 Å². The van der Waals surface area contributed by atoms with E-state index in [-0.39, 0.29) is 5.91 Å². The summed E-state index contributed by atoms with van der Waals surface area (Å²) in [7, 11) is 1.86. The van der Waals surface area contributed by atoms with Crippen LogP contribution in [0.2, 0.25) is 0 Å². The topological polar surface area (TPSA) is 23.6 Å². The molecule has 0 aliphatic carbocycles. The number of carbonyl (C=O) groups excluding carboxylic acids is 1. The molecule has 0 aromatic rings. The standard InChI is InChI=1S/C11H24N2O/c1-5-7-13(8-6-2)10-9-12(4)11(3)14/h5-10H2,1-4H3. The molecule has 0 aromatic carbocycles. The molecule has 0 radical (unpaired) electrons. The lowest BCUT2D eigenvalue weighted by molar-refractivity contribution is -0.127. The van der Waals surface area contributed by atoms with Crippen molar-refractivity contribution in [3.8, 4) is 0 Å². The fraction of sp³-hybridized carbons (Fsp3) is 0.909. The summed E-state index contributed by atoms with van der Waals surface area (Å²) < 4.78 is 0. The van der Waals surface area contributed by atoms with Crippen molar-refractivity contribution in [2.24, 2.45) is 0 Å². The number of likely N-dealkylation sites (N-methyl/N-ethyl adjacent to an activating group) is 1. The van der Waals surface area contributed by atoms with Crippen LogP contribution in [-0.4, -0.2) is 48.9 Å². The maximum Gasteiger partial charge on any atom is 0.219 e. The van der Waals surface area contributed by atoms with Crippen molar-refractivity contribution >= 4 is 5.91 Å². The van der Waals surface area contributed by atoms with Gasteiger partial charge < -0.3 is 9.80 Å². The molecule has 1 amide bonds. The van der Waals surface area contributed by atoms with Gasteiger partial charge in [-0.1, -0.05) is 13.8 Å². The summed E-state index contributed by atoms with van der Waals surface area (Å²) in [5.74, 6) is 0.151. The molecular weight excluding hydrogens is 176 g/mol. The molecule has 3 heteroatoms. The number of nitrogens with zero attached hydrogens (tertiary/aromatic N) is 2. The van der Waals surface area contributed by atoms with E-state index in [4.69, 9.17) is 0 Å². The molecule has 0 rings (SSSR count). The van der Waals surface area contributed by atoms with Crippen LogP contribution in [0.5, 0.6) is 0 Å². The Morgan fingerprint density at radius 2 is 1.50 bits per heavy atom. The maximum atomic E-state index is 11.0. The van der Waals surface area contributed by atoms with E-state index in [1.54, 1.807) is 11.8 Å². The van der Waals surface area contributed by atoms with Crippen molar-refractivity contribution in [1.29, 1.82) is 0 Å². The molecule has 0 aliphatic rings. The zero-order valence-electron chi connectivity index (χ0n) is 10.0. The van der Waals surface area contributed by atoms with Gasteiger partial charge in [-0.15, -0.1) is 0 Å². The minimum atomic E-state index is 0.151. The third-order valence-corrected chi connectivity index (χ3v) is 2.37. The molecule has 14 heavy (non-hydrogen) atoms. The minimum Gasteiger partial charge on any atom is -0.345 e. The molecule has 0 bridgehead atoms. The second-order valence-corrected chi connectivity index (χ2v) is 3.78. The van der Waals surface area contributed by atoms with Crippen LogP contribution >= 0.6 is 0 Å². The number of hydrogen-bond donors (Lipinski definition) is 0. The van der Waals surface area contributed by atoms with Crippen molar-refractivity contribution in [2.45, 2.75) is 33.6 Å². The van der Waals surface area contributed by atoms with Gasteiger partial charge in [-0.05, 0) is 25.9 Å². The summed E-state index contributed by atoms with van der Waals surface area (Å²) in [6.07, 6.45) is 2.37. The SMILES string of the molecule is CCCN(CCC)CCN(C)C(C)=O. The molecule has 0 spiro atoms. The fourth-order valence-corrected chi connectivity index (χ4v) is 1.42. The highest BCUT2D eigenvalue weighted by molar-refractivity contribution is 5.72. The monoisotopic (exact) mass is 200 g/mol. The summed E-state index contributed by atoms with van der Waals surface area (Å²) in [6, 6.07) is 0. The quantitative estimate of drug-likeness (QED) is 0.623. The molecule has 0 heterocycles. The maximum absolute atomic E-state index is 11.0. The van der Waals surface area contributed by atoms with Gasteiger partial charge in [0.15, 0.2) is 0 Å². The molecular formula is C11H24N2O. The van der Waals surface area contributed by atoms with Crippen LogP contribution in [0.25, 0.3) is 0 Å². The smallest absolute Gasteiger partial charge is 0.219 e. The van der Waals surface area contributed by atoms with Gasteiger partial charge in [-0.2, -0.15) is 0 Å². The van der Waals surface area contributed by atoms with Crippen molar-refractivity contribution in [2.75, 3.05) is 33.2 Å². The van der Waals surface area contributed by atoms with E-state index >= 15 is 0 Å². The number of amides is 1. The third-order valence-electron chi connectivity index (χ3n) is 2.37. The van der Waals surface area contributed by atoms with Gasteiger partial charge >= 0.3 is 0 Å². The molecule has 0 fully saturated rings. The fourth-order valence-electron chi connectivity index (χ4n) is 1.42. The van der Waals surface area contributed by atoms with E-state index in [1.807, 2.05) is 7.05 Å². The zero-order chi connectivity index (χ0) is 11.0. The van der Waals surface area contributed by atoms with Gasteiger partial charge in [0, 0.05) is 27.1 Å². The van der Waals surface area contributed by atoms with Crippen LogP contribution in [0.4, 0.5) is 0 Å². The first kappa shape index (κ1) is 13.4. The molecule has 0 aliphatic heterocycles. The molecule has 0 atom stereocenters. The Balaban J connectivity index is 3.74. The second kappa shape index (κ2) is 7.80. The molecule has 0 saturated carbocycles. The van der Waals surface area contributed by atoms with Crippen LogP contribution in [0.15, 0.2) is 0 Å². The average Bonchev–Trinajstić information content (AvgIpc) is 2.14. The van der Waals surface area contributed by atoms with Gasteiger partial charge in [0.1, 0.15) is 0 Å². The summed E-state index contributed by atoms with van der Waals surface area (Å²) in [4.78, 5) is 15.2. The van der Waals surface area contributed by atoms with Crippen molar-refractivity contribution < 1.29 is 4.79 Å². The minimum absolute atomic E-state index is 0.151. The highest BCUT2D eigenvalue weighted by atomic mass is 16.2. The average molecular weight is 200 g/mol. The normalized spacial score (nSPS) is 10.6. The molecule has 0 aromatic heterocycles. The lowest BCUT2D eigenvalue weighted by Crippen LogP contribution is -2.36. The Kier molecular flexibility index (Phi) is 7.48. The summed E-state index contributed by atoms with van der Waals surface area (Å²) in [5, 5.41) is 0. The Labute approximate surface area is 88.1 Å². The highest BCUT2D eigenvalue weighted by Crippen LogP contribution is 1.95. The lowest BCUT2D eigenvalue weighted by atomic mass is 10.3. The van der Waals surface area contributed by atoms with E-state index in [9.17, 15) is 4.79 Å². The largest absolute Gasteiger partial charge is 0.345 e. The van der Waals surface area contributed by atoms with E-state index < -0.39 is 0 Å². The first-order chi connectivity index (χ1) is 6.61. The van der Waals surface area contributed by atoms with Gasteiger partial charge in [-0.25, -0.2) is 0 Å². The van der Waals surface area contributed by atoms with Gasteiger partial charge in [0.05, 0.1) is 0 Å². The second-order valence-electron chi connectivity index (χ2n) is 3.78. The zero-order valence-corrected chi connectivity index (χ0v) is 10.0. The predicted molar refractivity (Wildman–Crippen MR) is 60.3 cm³/mol. The Bertz CT molecular complexity index is 153. The number of carbonyl (C=O) groups is 1. The van der Waals surface area contributed by atoms with Crippen molar-refractivity contribution in [1.82, 2.24) is 9.80 Å². The molecule has 3 nitrogen and oxygen atoms in total. The van der Waals surface area contributed by atoms with E-state index in [0.717, 1.165) is 26.2 Å². The Morgan fingerprint density at radius 1 is 1.00 bits per heavy atom. The summed E-state index contributed by atoms with van der Waals surface area (Å²) in [6.45, 7) is 10.1. The first-order valence-corrected chi connectivity index (χ1v) is 5.55. The van der Waals surface area contributed by atoms with Crippen molar-refractivity contribution in [3.63, 3.8) is 0 Å². The van der Waals surface area contributed by atoms with Crippen LogP contribution in [0.3, 0.4) is 0 Å². The predicted octanol–water partition coefficient (Wildman–Crippen LogP) is 1.59. The van der Waals surface area contributed by atoms with Crippen LogP contribution < -0.4 is 0 Å². The van der Waals surface area contributed by atoms with Crippen LogP contribution in [0.1, 0.15) is 33.6 Å². The Morgan fingerprint density at radius 3 is 1.86 bits per heavy atom. The van der Waals surface area contributed by atoms with E-state index in [2.05, 4.69) is 18.7 Å². The molecule has 0 unspecified atom stereocenters. The number of hydrogen-bond acceptors (Lipinski definition) is 2. The van der Waals surface area contributed by atoms with Gasteiger partial charge in [0.2, 0.25) is 5.91 Å². The molecule has 0 N–H and O–H groups in total. The van der Waals surface area contributed by atoms with E-state index in [0.29, 0.717) is 0 Å². The van der Waals surface area contributed by atoms with Gasteiger partial charge in [-0.3, -0.25) is 4.79 Å². The summed E-state index contributed by atoms with van der Waals surface area (Å²) >= 11 is 0.